The van der Waals surface area contributed by atoms with Gasteiger partial charge in [0.15, 0.2) is 0 Å². The van der Waals surface area contributed by atoms with Crippen LogP contribution in [0.2, 0.25) is 5.02 Å². The highest BCUT2D eigenvalue weighted by Crippen LogP contribution is 2.28. The summed E-state index contributed by atoms with van der Waals surface area (Å²) in [4.78, 5) is 12.3. The molecule has 0 saturated carbocycles. The molecule has 0 heterocycles. The molecule has 104 valence electrons. The van der Waals surface area contributed by atoms with Gasteiger partial charge in [0.1, 0.15) is 0 Å². The van der Waals surface area contributed by atoms with Gasteiger partial charge in [0.2, 0.25) is 0 Å². The average molecular weight is 354 g/mol. The molecule has 0 saturated heterocycles. The summed E-state index contributed by atoms with van der Waals surface area (Å²) in [6, 6.07) is 8.88. The Morgan fingerprint density at radius 2 is 1.90 bits per heavy atom. The zero-order valence-corrected chi connectivity index (χ0v) is 13.5. The number of carbonyl (C=O) groups excluding carboxylic acids is 1. The molecule has 1 amide bonds. The van der Waals surface area contributed by atoms with Gasteiger partial charge in [-0.1, -0.05) is 33.6 Å². The van der Waals surface area contributed by atoms with Crippen LogP contribution in [0.25, 0.3) is 0 Å². The fourth-order valence-electron chi connectivity index (χ4n) is 1.96. The number of nitrogens with one attached hydrogen (secondary N) is 1. The van der Waals surface area contributed by atoms with Crippen LogP contribution >= 0.6 is 27.5 Å². The Hall–Kier alpha value is -1.52. The van der Waals surface area contributed by atoms with E-state index < -0.39 is 0 Å². The second kappa shape index (κ2) is 5.85. The van der Waals surface area contributed by atoms with Crippen molar-refractivity contribution in [2.24, 2.45) is 0 Å². The maximum Gasteiger partial charge on any atom is 0.256 e. The number of halogens is 2. The van der Waals surface area contributed by atoms with Crippen LogP contribution in [0.5, 0.6) is 0 Å². The Morgan fingerprint density at radius 1 is 1.20 bits per heavy atom. The first-order valence-electron chi connectivity index (χ1n) is 6.01. The lowest BCUT2D eigenvalue weighted by Crippen LogP contribution is -2.15. The molecule has 0 spiro atoms. The van der Waals surface area contributed by atoms with E-state index in [2.05, 4.69) is 21.2 Å². The SMILES string of the molecule is Cc1ccc(Cl)cc1C(=O)Nc1c(C)cc(Br)cc1N. The highest BCUT2D eigenvalue weighted by Gasteiger charge is 2.13. The quantitative estimate of drug-likeness (QED) is 0.778. The number of amides is 1. The van der Waals surface area contributed by atoms with Crippen LogP contribution < -0.4 is 11.1 Å². The molecule has 0 aliphatic carbocycles. The molecule has 0 bridgehead atoms. The molecule has 3 nitrogen and oxygen atoms in total. The van der Waals surface area contributed by atoms with Crippen molar-refractivity contribution < 1.29 is 4.79 Å². The van der Waals surface area contributed by atoms with Gasteiger partial charge in [0.05, 0.1) is 11.4 Å². The third kappa shape index (κ3) is 3.14. The first kappa shape index (κ1) is 14.9. The van der Waals surface area contributed by atoms with Gasteiger partial charge in [0.25, 0.3) is 5.91 Å². The Balaban J connectivity index is 2.35. The maximum absolute atomic E-state index is 12.3. The molecule has 0 aromatic heterocycles. The van der Waals surface area contributed by atoms with Gasteiger partial charge in [-0.25, -0.2) is 0 Å². The molecular weight excluding hydrogens is 340 g/mol. The second-order valence-corrected chi connectivity index (χ2v) is 5.95. The zero-order chi connectivity index (χ0) is 14.9. The van der Waals surface area contributed by atoms with Crippen LogP contribution in [0.1, 0.15) is 21.5 Å². The van der Waals surface area contributed by atoms with Gasteiger partial charge in [-0.05, 0) is 49.2 Å². The molecule has 2 aromatic carbocycles. The summed E-state index contributed by atoms with van der Waals surface area (Å²) in [7, 11) is 0. The van der Waals surface area contributed by atoms with Crippen molar-refractivity contribution in [3.05, 3.63) is 56.5 Å². The van der Waals surface area contributed by atoms with E-state index in [1.54, 1.807) is 18.2 Å². The average Bonchev–Trinajstić information content (AvgIpc) is 2.36. The fraction of sp³-hybridized carbons (Fsp3) is 0.133. The van der Waals surface area contributed by atoms with Crippen LogP contribution in [0.4, 0.5) is 11.4 Å². The number of anilines is 2. The highest BCUT2D eigenvalue weighted by atomic mass is 79.9. The normalized spacial score (nSPS) is 10.4. The van der Waals surface area contributed by atoms with E-state index >= 15 is 0 Å². The molecule has 0 unspecified atom stereocenters. The number of rotatable bonds is 2. The Labute approximate surface area is 131 Å². The van der Waals surface area contributed by atoms with E-state index in [0.29, 0.717) is 22.0 Å². The summed E-state index contributed by atoms with van der Waals surface area (Å²) in [6.07, 6.45) is 0. The second-order valence-electron chi connectivity index (χ2n) is 4.60. The van der Waals surface area contributed by atoms with Crippen molar-refractivity contribution in [3.63, 3.8) is 0 Å². The van der Waals surface area contributed by atoms with Crippen LogP contribution in [0, 0.1) is 13.8 Å². The van der Waals surface area contributed by atoms with Crippen LogP contribution in [-0.4, -0.2) is 5.91 Å². The molecule has 0 aliphatic rings. The van der Waals surface area contributed by atoms with Crippen molar-refractivity contribution >= 4 is 44.8 Å². The Bertz CT molecular complexity index is 663. The molecule has 2 rings (SSSR count). The number of hydrogen-bond donors (Lipinski definition) is 2. The minimum absolute atomic E-state index is 0.220. The Kier molecular flexibility index (Phi) is 4.35. The summed E-state index contributed by atoms with van der Waals surface area (Å²) < 4.78 is 0.879. The third-order valence-electron chi connectivity index (χ3n) is 3.01. The van der Waals surface area contributed by atoms with Gasteiger partial charge in [-0.3, -0.25) is 4.79 Å². The number of hydrogen-bond acceptors (Lipinski definition) is 2. The largest absolute Gasteiger partial charge is 0.397 e. The van der Waals surface area contributed by atoms with Crippen molar-refractivity contribution in [1.29, 1.82) is 0 Å². The summed E-state index contributed by atoms with van der Waals surface area (Å²) in [5.74, 6) is -0.220. The lowest BCUT2D eigenvalue weighted by atomic mass is 10.1. The molecule has 0 radical (unpaired) electrons. The highest BCUT2D eigenvalue weighted by molar-refractivity contribution is 9.10. The number of carbonyl (C=O) groups is 1. The van der Waals surface area contributed by atoms with Crippen molar-refractivity contribution in [2.75, 3.05) is 11.1 Å². The standard InChI is InChI=1S/C15H14BrClN2O/c1-8-3-4-11(17)7-12(8)15(20)19-14-9(2)5-10(16)6-13(14)18/h3-7H,18H2,1-2H3,(H,19,20). The fourth-order valence-corrected chi connectivity index (χ4v) is 2.72. The summed E-state index contributed by atoms with van der Waals surface area (Å²) in [5.41, 5.74) is 9.38. The number of nitrogens with two attached hydrogens (primary N) is 1. The molecule has 0 fully saturated rings. The monoisotopic (exact) mass is 352 g/mol. The van der Waals surface area contributed by atoms with E-state index in [4.69, 9.17) is 17.3 Å². The summed E-state index contributed by atoms with van der Waals surface area (Å²) in [5, 5.41) is 3.38. The van der Waals surface area contributed by atoms with Gasteiger partial charge in [0, 0.05) is 15.1 Å². The molecule has 2 aromatic rings. The number of nitrogen functional groups attached to an aromatic ring is 1. The predicted molar refractivity (Wildman–Crippen MR) is 87.4 cm³/mol. The van der Waals surface area contributed by atoms with Crippen molar-refractivity contribution in [3.8, 4) is 0 Å². The lowest BCUT2D eigenvalue weighted by Gasteiger charge is -2.13. The van der Waals surface area contributed by atoms with E-state index in [1.807, 2.05) is 26.0 Å². The third-order valence-corrected chi connectivity index (χ3v) is 3.71. The molecule has 20 heavy (non-hydrogen) atoms. The van der Waals surface area contributed by atoms with Crippen LogP contribution in [-0.2, 0) is 0 Å². The smallest absolute Gasteiger partial charge is 0.256 e. The lowest BCUT2D eigenvalue weighted by molar-refractivity contribution is 0.102. The molecule has 0 aliphatic heterocycles. The van der Waals surface area contributed by atoms with E-state index in [-0.39, 0.29) is 5.91 Å². The topological polar surface area (TPSA) is 55.1 Å². The summed E-state index contributed by atoms with van der Waals surface area (Å²) >= 11 is 9.31. The van der Waals surface area contributed by atoms with Crippen molar-refractivity contribution in [1.82, 2.24) is 0 Å². The number of benzene rings is 2. The van der Waals surface area contributed by atoms with Gasteiger partial charge in [-0.2, -0.15) is 0 Å². The number of aryl methyl sites for hydroxylation is 2. The zero-order valence-electron chi connectivity index (χ0n) is 11.1. The minimum atomic E-state index is -0.220. The van der Waals surface area contributed by atoms with Gasteiger partial charge >= 0.3 is 0 Å². The minimum Gasteiger partial charge on any atom is -0.397 e. The van der Waals surface area contributed by atoms with E-state index in [1.165, 1.54) is 0 Å². The maximum atomic E-state index is 12.3. The van der Waals surface area contributed by atoms with E-state index in [0.717, 1.165) is 15.6 Å². The summed E-state index contributed by atoms with van der Waals surface area (Å²) in [6.45, 7) is 3.75. The molecule has 3 N–H and O–H groups in total. The van der Waals surface area contributed by atoms with E-state index in [9.17, 15) is 4.79 Å². The molecule has 0 atom stereocenters. The van der Waals surface area contributed by atoms with Gasteiger partial charge < -0.3 is 11.1 Å². The molecular formula is C15H14BrClN2O. The van der Waals surface area contributed by atoms with Crippen LogP contribution in [0.3, 0.4) is 0 Å². The van der Waals surface area contributed by atoms with Crippen LogP contribution in [0.15, 0.2) is 34.8 Å². The first-order chi connectivity index (χ1) is 9.38. The molecule has 5 heteroatoms. The predicted octanol–water partition coefficient (Wildman–Crippen LogP) is 4.55. The Morgan fingerprint density at radius 3 is 2.55 bits per heavy atom. The van der Waals surface area contributed by atoms with Gasteiger partial charge in [-0.15, -0.1) is 0 Å². The van der Waals surface area contributed by atoms with Crippen molar-refractivity contribution in [2.45, 2.75) is 13.8 Å². The first-order valence-corrected chi connectivity index (χ1v) is 7.18.